The Morgan fingerprint density at radius 3 is 2.21 bits per heavy atom. The third kappa shape index (κ3) is 2.87. The highest BCUT2D eigenvalue weighted by molar-refractivity contribution is 6.05. The monoisotopic (exact) mass is 319 g/mol. The van der Waals surface area contributed by atoms with Crippen molar-refractivity contribution in [2.75, 3.05) is 13.1 Å². The van der Waals surface area contributed by atoms with Crippen LogP contribution in [0.3, 0.4) is 0 Å². The fraction of sp³-hybridized carbons (Fsp3) is 0.286. The summed E-state index contributed by atoms with van der Waals surface area (Å²) in [4.78, 5) is 15.0. The Hall–Kier alpha value is -2.39. The maximum absolute atomic E-state index is 12.6. The topological polar surface area (TPSA) is 29.5 Å². The zero-order valence-corrected chi connectivity index (χ0v) is 13.7. The van der Waals surface area contributed by atoms with Crippen molar-refractivity contribution in [1.29, 1.82) is 0 Å². The maximum atomic E-state index is 12.6. The van der Waals surface area contributed by atoms with E-state index < -0.39 is 5.60 Å². The van der Waals surface area contributed by atoms with Gasteiger partial charge in [-0.05, 0) is 5.56 Å². The molecule has 0 bridgehead atoms. The Morgan fingerprint density at radius 2 is 1.54 bits per heavy atom. The van der Waals surface area contributed by atoms with Crippen LogP contribution in [0.4, 0.5) is 0 Å². The highest BCUT2D eigenvalue weighted by Gasteiger charge is 2.46. The van der Waals surface area contributed by atoms with Gasteiger partial charge in [0.05, 0.1) is 0 Å². The summed E-state index contributed by atoms with van der Waals surface area (Å²) in [5.41, 5.74) is 1.66. The van der Waals surface area contributed by atoms with Gasteiger partial charge in [0.25, 0.3) is 0 Å². The number of carbonyl (C=O) groups excluding carboxylic acids is 1. The van der Waals surface area contributed by atoms with Crippen LogP contribution in [0.15, 0.2) is 66.7 Å². The first-order valence-corrected chi connectivity index (χ1v) is 8.52. The molecular formula is C21H21NO2. The molecule has 0 aliphatic carbocycles. The first kappa shape index (κ1) is 15.2. The molecule has 0 aromatic heterocycles. The molecule has 0 radical (unpaired) electrons. The van der Waals surface area contributed by atoms with Crippen LogP contribution in [-0.4, -0.2) is 29.4 Å². The Labute approximate surface area is 142 Å². The van der Waals surface area contributed by atoms with Crippen molar-refractivity contribution in [1.82, 2.24) is 4.90 Å². The van der Waals surface area contributed by atoms with Gasteiger partial charge in [0.2, 0.25) is 5.78 Å². The summed E-state index contributed by atoms with van der Waals surface area (Å²) in [5, 5.41) is 0. The first-order chi connectivity index (χ1) is 11.8. The van der Waals surface area contributed by atoms with Crippen molar-refractivity contribution in [3.8, 4) is 0 Å². The number of ketones is 1. The largest absolute Gasteiger partial charge is 0.478 e. The first-order valence-electron chi connectivity index (χ1n) is 8.52. The van der Waals surface area contributed by atoms with Gasteiger partial charge in [-0.2, -0.15) is 0 Å². The lowest BCUT2D eigenvalue weighted by atomic mass is 9.88. The van der Waals surface area contributed by atoms with E-state index >= 15 is 0 Å². The van der Waals surface area contributed by atoms with Gasteiger partial charge in [-0.25, -0.2) is 0 Å². The highest BCUT2D eigenvalue weighted by atomic mass is 16.5. The van der Waals surface area contributed by atoms with Gasteiger partial charge >= 0.3 is 0 Å². The normalized spacial score (nSPS) is 20.0. The molecule has 3 nitrogen and oxygen atoms in total. The Morgan fingerprint density at radius 1 is 0.917 bits per heavy atom. The van der Waals surface area contributed by atoms with Gasteiger partial charge in [0, 0.05) is 44.1 Å². The van der Waals surface area contributed by atoms with Gasteiger partial charge < -0.3 is 4.74 Å². The zero-order valence-electron chi connectivity index (χ0n) is 13.7. The van der Waals surface area contributed by atoms with Crippen molar-refractivity contribution >= 4 is 11.5 Å². The number of rotatable bonds is 3. The fourth-order valence-electron chi connectivity index (χ4n) is 3.55. The fourth-order valence-corrected chi connectivity index (χ4v) is 3.55. The molecule has 1 spiro atoms. The smallest absolute Gasteiger partial charge is 0.203 e. The van der Waals surface area contributed by atoms with Crippen molar-refractivity contribution < 1.29 is 9.53 Å². The van der Waals surface area contributed by atoms with E-state index in [9.17, 15) is 4.79 Å². The summed E-state index contributed by atoms with van der Waals surface area (Å²) >= 11 is 0. The number of ether oxygens (including phenoxy) is 1. The number of piperidine rings is 1. The van der Waals surface area contributed by atoms with E-state index in [1.54, 1.807) is 6.08 Å². The number of hydrogen-bond acceptors (Lipinski definition) is 3. The summed E-state index contributed by atoms with van der Waals surface area (Å²) in [6.45, 7) is 2.71. The molecule has 4 rings (SSSR count). The third-order valence-corrected chi connectivity index (χ3v) is 4.99. The molecule has 0 saturated carbocycles. The molecule has 1 fully saturated rings. The quantitative estimate of drug-likeness (QED) is 0.864. The lowest BCUT2D eigenvalue weighted by Gasteiger charge is -2.38. The molecule has 2 aromatic rings. The summed E-state index contributed by atoms with van der Waals surface area (Å²) < 4.78 is 6.17. The Kier molecular flexibility index (Phi) is 3.95. The summed E-state index contributed by atoms with van der Waals surface area (Å²) in [6, 6.07) is 20.4. The molecule has 0 N–H and O–H groups in total. The summed E-state index contributed by atoms with van der Waals surface area (Å²) in [7, 11) is 0. The van der Waals surface area contributed by atoms with E-state index in [0.717, 1.165) is 43.8 Å². The number of carbonyl (C=O) groups is 1. The number of benzene rings is 2. The molecular weight excluding hydrogens is 298 g/mol. The highest BCUT2D eigenvalue weighted by Crippen LogP contribution is 2.38. The average Bonchev–Trinajstić information content (AvgIpc) is 2.95. The number of hydrogen-bond donors (Lipinski definition) is 0. The van der Waals surface area contributed by atoms with Crippen LogP contribution in [0.1, 0.15) is 24.0 Å². The molecule has 1 saturated heterocycles. The van der Waals surface area contributed by atoms with Crippen LogP contribution >= 0.6 is 0 Å². The van der Waals surface area contributed by atoms with Gasteiger partial charge in [-0.15, -0.1) is 0 Å². The second-order valence-corrected chi connectivity index (χ2v) is 6.60. The van der Waals surface area contributed by atoms with Crippen molar-refractivity contribution in [2.45, 2.75) is 25.0 Å². The van der Waals surface area contributed by atoms with Crippen LogP contribution in [0.2, 0.25) is 0 Å². The van der Waals surface area contributed by atoms with Crippen LogP contribution in [-0.2, 0) is 16.1 Å². The van der Waals surface area contributed by atoms with Crippen LogP contribution < -0.4 is 0 Å². The summed E-state index contributed by atoms with van der Waals surface area (Å²) in [6.07, 6.45) is 3.19. The second kappa shape index (κ2) is 6.25. The van der Waals surface area contributed by atoms with E-state index in [4.69, 9.17) is 4.74 Å². The van der Waals surface area contributed by atoms with E-state index in [1.165, 1.54) is 5.56 Å². The van der Waals surface area contributed by atoms with Crippen molar-refractivity contribution in [3.63, 3.8) is 0 Å². The third-order valence-electron chi connectivity index (χ3n) is 4.99. The lowest BCUT2D eigenvalue weighted by molar-refractivity contribution is -0.133. The van der Waals surface area contributed by atoms with Gasteiger partial charge in [-0.3, -0.25) is 9.69 Å². The molecule has 0 amide bonds. The number of nitrogens with zero attached hydrogens (tertiary/aromatic N) is 1. The standard InChI is InChI=1S/C21H21NO2/c23-20-15-19(18-9-5-2-6-10-18)24-21(20)11-13-22(14-12-21)16-17-7-3-1-4-8-17/h1-10,15H,11-14,16H2. The minimum absolute atomic E-state index is 0.126. The Balaban J connectivity index is 1.41. The van der Waals surface area contributed by atoms with Crippen molar-refractivity contribution in [2.24, 2.45) is 0 Å². The second-order valence-electron chi connectivity index (χ2n) is 6.60. The average molecular weight is 319 g/mol. The number of likely N-dealkylation sites (tertiary alicyclic amines) is 1. The van der Waals surface area contributed by atoms with E-state index in [0.29, 0.717) is 0 Å². The molecule has 122 valence electrons. The van der Waals surface area contributed by atoms with Gasteiger partial charge in [0.15, 0.2) is 5.60 Å². The molecule has 2 aliphatic heterocycles. The van der Waals surface area contributed by atoms with E-state index in [2.05, 4.69) is 29.2 Å². The molecule has 0 atom stereocenters. The minimum atomic E-state index is -0.641. The van der Waals surface area contributed by atoms with E-state index in [-0.39, 0.29) is 5.78 Å². The molecule has 2 aliphatic rings. The van der Waals surface area contributed by atoms with E-state index in [1.807, 2.05) is 36.4 Å². The lowest BCUT2D eigenvalue weighted by Crippen LogP contribution is -2.48. The van der Waals surface area contributed by atoms with Crippen LogP contribution in [0, 0.1) is 0 Å². The maximum Gasteiger partial charge on any atom is 0.203 e. The summed E-state index contributed by atoms with van der Waals surface area (Å²) in [5.74, 6) is 0.845. The van der Waals surface area contributed by atoms with Crippen molar-refractivity contribution in [3.05, 3.63) is 77.9 Å². The van der Waals surface area contributed by atoms with Crippen LogP contribution in [0.25, 0.3) is 5.76 Å². The predicted molar refractivity (Wildman–Crippen MR) is 94.2 cm³/mol. The van der Waals surface area contributed by atoms with Crippen LogP contribution in [0.5, 0.6) is 0 Å². The molecule has 2 aromatic carbocycles. The SMILES string of the molecule is O=C1C=C(c2ccccc2)OC12CCN(Cc1ccccc1)CC2. The molecule has 3 heteroatoms. The van der Waals surface area contributed by atoms with Gasteiger partial charge in [0.1, 0.15) is 5.76 Å². The predicted octanol–water partition coefficient (Wildman–Crippen LogP) is 3.66. The molecule has 2 heterocycles. The minimum Gasteiger partial charge on any atom is -0.478 e. The van der Waals surface area contributed by atoms with Gasteiger partial charge in [-0.1, -0.05) is 60.7 Å². The molecule has 0 unspecified atom stereocenters. The Bertz CT molecular complexity index is 744. The zero-order chi connectivity index (χ0) is 16.4. The molecule has 24 heavy (non-hydrogen) atoms.